The Morgan fingerprint density at radius 1 is 1.65 bits per heavy atom. The molecule has 94 valence electrons. The van der Waals surface area contributed by atoms with Crippen molar-refractivity contribution in [3.05, 3.63) is 11.8 Å². The zero-order valence-corrected chi connectivity index (χ0v) is 10.1. The fraction of sp³-hybridized carbons (Fsp3) is 0.556. The number of aromatic amines is 1. The van der Waals surface area contributed by atoms with Gasteiger partial charge in [0.15, 0.2) is 5.03 Å². The first kappa shape index (κ1) is 12.1. The number of hydrogen-bond donors (Lipinski definition) is 2. The molecule has 8 heteroatoms. The van der Waals surface area contributed by atoms with Crippen molar-refractivity contribution in [3.8, 4) is 0 Å². The minimum atomic E-state index is -3.79. The van der Waals surface area contributed by atoms with Crippen molar-refractivity contribution in [2.24, 2.45) is 5.92 Å². The average Bonchev–Trinajstić information content (AvgIpc) is 2.91. The second-order valence-electron chi connectivity index (χ2n) is 4.15. The molecule has 1 saturated carbocycles. The van der Waals surface area contributed by atoms with Gasteiger partial charge in [-0.25, -0.2) is 13.2 Å². The van der Waals surface area contributed by atoms with Crippen LogP contribution in [0, 0.1) is 5.92 Å². The SMILES string of the molecule is CN(CC1CC1)S(=O)(=O)c1[nH]ncc1C(=O)O. The second kappa shape index (κ2) is 4.11. The number of H-pyrrole nitrogens is 1. The van der Waals surface area contributed by atoms with E-state index in [2.05, 4.69) is 10.2 Å². The highest BCUT2D eigenvalue weighted by molar-refractivity contribution is 7.89. The summed E-state index contributed by atoms with van der Waals surface area (Å²) in [5.41, 5.74) is -0.326. The third-order valence-electron chi connectivity index (χ3n) is 2.72. The number of carbonyl (C=O) groups is 1. The van der Waals surface area contributed by atoms with Crippen molar-refractivity contribution in [1.29, 1.82) is 0 Å². The third-order valence-corrected chi connectivity index (χ3v) is 4.51. The fourth-order valence-electron chi connectivity index (χ4n) is 1.54. The maximum Gasteiger partial charge on any atom is 0.340 e. The molecule has 1 aliphatic rings. The largest absolute Gasteiger partial charge is 0.478 e. The van der Waals surface area contributed by atoms with E-state index in [0.29, 0.717) is 12.5 Å². The van der Waals surface area contributed by atoms with E-state index in [0.717, 1.165) is 19.0 Å². The van der Waals surface area contributed by atoms with Crippen LogP contribution in [0.15, 0.2) is 11.2 Å². The van der Waals surface area contributed by atoms with Crippen molar-refractivity contribution in [2.45, 2.75) is 17.9 Å². The van der Waals surface area contributed by atoms with Gasteiger partial charge in [-0.3, -0.25) is 5.10 Å². The lowest BCUT2D eigenvalue weighted by Crippen LogP contribution is -2.30. The summed E-state index contributed by atoms with van der Waals surface area (Å²) in [5.74, 6) is -0.914. The second-order valence-corrected chi connectivity index (χ2v) is 6.13. The van der Waals surface area contributed by atoms with Crippen molar-refractivity contribution in [1.82, 2.24) is 14.5 Å². The lowest BCUT2D eigenvalue weighted by atomic mass is 10.4. The van der Waals surface area contributed by atoms with Crippen molar-refractivity contribution < 1.29 is 18.3 Å². The maximum atomic E-state index is 12.1. The maximum absolute atomic E-state index is 12.1. The normalized spacial score (nSPS) is 16.4. The molecular weight excluding hydrogens is 246 g/mol. The Labute approximate surface area is 98.5 Å². The van der Waals surface area contributed by atoms with Crippen LogP contribution in [0.25, 0.3) is 0 Å². The molecule has 2 N–H and O–H groups in total. The molecule has 0 atom stereocenters. The van der Waals surface area contributed by atoms with Crippen LogP contribution < -0.4 is 0 Å². The molecule has 0 saturated heterocycles. The van der Waals surface area contributed by atoms with Gasteiger partial charge in [0.05, 0.1) is 6.20 Å². The summed E-state index contributed by atoms with van der Waals surface area (Å²) in [6, 6.07) is 0. The molecule has 0 amide bonds. The summed E-state index contributed by atoms with van der Waals surface area (Å²) in [6.07, 6.45) is 3.05. The Hall–Kier alpha value is -1.41. The van der Waals surface area contributed by atoms with E-state index in [1.54, 1.807) is 0 Å². The Morgan fingerprint density at radius 2 is 2.29 bits per heavy atom. The molecule has 17 heavy (non-hydrogen) atoms. The summed E-state index contributed by atoms with van der Waals surface area (Å²) in [5, 5.41) is 14.2. The topological polar surface area (TPSA) is 103 Å². The smallest absolute Gasteiger partial charge is 0.340 e. The van der Waals surface area contributed by atoms with Crippen LogP contribution in [-0.4, -0.2) is 47.6 Å². The molecular formula is C9H13N3O4S. The Balaban J connectivity index is 2.29. The first-order valence-electron chi connectivity index (χ1n) is 5.16. The Morgan fingerprint density at radius 3 is 2.82 bits per heavy atom. The molecule has 1 aromatic rings. The molecule has 0 unspecified atom stereocenters. The lowest BCUT2D eigenvalue weighted by molar-refractivity contribution is 0.0692. The van der Waals surface area contributed by atoms with Crippen molar-refractivity contribution in [2.75, 3.05) is 13.6 Å². The molecule has 0 spiro atoms. The highest BCUT2D eigenvalue weighted by atomic mass is 32.2. The van der Waals surface area contributed by atoms with Crippen LogP contribution in [0.2, 0.25) is 0 Å². The van der Waals surface area contributed by atoms with Gasteiger partial charge in [-0.2, -0.15) is 9.40 Å². The molecule has 0 radical (unpaired) electrons. The minimum absolute atomic E-state index is 0.326. The number of rotatable bonds is 5. The fourth-order valence-corrected chi connectivity index (χ4v) is 2.85. The average molecular weight is 259 g/mol. The van der Waals surface area contributed by atoms with E-state index in [4.69, 9.17) is 5.11 Å². The van der Waals surface area contributed by atoms with Crippen LogP contribution in [0.3, 0.4) is 0 Å². The molecule has 7 nitrogen and oxygen atoms in total. The zero-order valence-electron chi connectivity index (χ0n) is 9.25. The standard InChI is InChI=1S/C9H13N3O4S/c1-12(5-6-2-3-6)17(15,16)8-7(9(13)14)4-10-11-8/h4,6H,2-3,5H2,1H3,(H,10,11)(H,13,14). The predicted octanol–water partition coefficient (Wildman–Crippen LogP) is 0.138. The summed E-state index contributed by atoms with van der Waals surface area (Å²) < 4.78 is 25.3. The zero-order chi connectivity index (χ0) is 12.6. The first-order chi connectivity index (χ1) is 7.93. The van der Waals surface area contributed by atoms with Gasteiger partial charge in [-0.15, -0.1) is 0 Å². The van der Waals surface area contributed by atoms with Crippen LogP contribution >= 0.6 is 0 Å². The summed E-state index contributed by atoms with van der Waals surface area (Å²) >= 11 is 0. The Kier molecular flexibility index (Phi) is 2.92. The van der Waals surface area contributed by atoms with Crippen molar-refractivity contribution in [3.63, 3.8) is 0 Å². The molecule has 1 aliphatic carbocycles. The van der Waals surface area contributed by atoms with Gasteiger partial charge in [-0.05, 0) is 18.8 Å². The van der Waals surface area contributed by atoms with Gasteiger partial charge in [0.2, 0.25) is 0 Å². The number of nitrogens with zero attached hydrogens (tertiary/aromatic N) is 2. The highest BCUT2D eigenvalue weighted by Crippen LogP contribution is 2.31. The number of aromatic nitrogens is 2. The number of hydrogen-bond acceptors (Lipinski definition) is 4. The van der Waals surface area contributed by atoms with Crippen LogP contribution in [-0.2, 0) is 10.0 Å². The third kappa shape index (κ3) is 2.32. The van der Waals surface area contributed by atoms with E-state index in [1.165, 1.54) is 11.4 Å². The van der Waals surface area contributed by atoms with E-state index < -0.39 is 16.0 Å². The van der Waals surface area contributed by atoms with E-state index in [1.807, 2.05) is 0 Å². The molecule has 0 bridgehead atoms. The molecule has 2 rings (SSSR count). The van der Waals surface area contributed by atoms with Gasteiger partial charge < -0.3 is 5.11 Å². The molecule has 1 heterocycles. The van der Waals surface area contributed by atoms with Gasteiger partial charge in [-0.1, -0.05) is 0 Å². The molecule has 1 fully saturated rings. The summed E-state index contributed by atoms with van der Waals surface area (Å²) in [7, 11) is -2.35. The summed E-state index contributed by atoms with van der Waals surface area (Å²) in [6.45, 7) is 0.417. The molecule has 1 aromatic heterocycles. The van der Waals surface area contributed by atoms with Crippen molar-refractivity contribution >= 4 is 16.0 Å². The number of carboxylic acid groups (broad SMARTS) is 1. The monoisotopic (exact) mass is 259 g/mol. The number of aromatic carboxylic acids is 1. The highest BCUT2D eigenvalue weighted by Gasteiger charge is 2.32. The van der Waals surface area contributed by atoms with Crippen LogP contribution in [0.1, 0.15) is 23.2 Å². The number of sulfonamides is 1. The quantitative estimate of drug-likeness (QED) is 0.782. The number of nitrogens with one attached hydrogen (secondary N) is 1. The van der Waals surface area contributed by atoms with Gasteiger partial charge in [0.25, 0.3) is 10.0 Å². The first-order valence-corrected chi connectivity index (χ1v) is 6.60. The minimum Gasteiger partial charge on any atom is -0.478 e. The van der Waals surface area contributed by atoms with E-state index >= 15 is 0 Å². The van der Waals surface area contributed by atoms with Crippen LogP contribution in [0.4, 0.5) is 0 Å². The molecule has 0 aromatic carbocycles. The van der Waals surface area contributed by atoms with Gasteiger partial charge in [0, 0.05) is 13.6 Å². The van der Waals surface area contributed by atoms with Crippen LogP contribution in [0.5, 0.6) is 0 Å². The predicted molar refractivity (Wildman–Crippen MR) is 58.1 cm³/mol. The molecule has 0 aliphatic heterocycles. The summed E-state index contributed by atoms with van der Waals surface area (Å²) in [4.78, 5) is 10.8. The lowest BCUT2D eigenvalue weighted by Gasteiger charge is -2.15. The number of carboxylic acids is 1. The Bertz CT molecular complexity index is 532. The van der Waals surface area contributed by atoms with E-state index in [-0.39, 0.29) is 10.6 Å². The van der Waals surface area contributed by atoms with Gasteiger partial charge >= 0.3 is 5.97 Å². The van der Waals surface area contributed by atoms with Gasteiger partial charge in [0.1, 0.15) is 5.56 Å². The van der Waals surface area contributed by atoms with E-state index in [9.17, 15) is 13.2 Å².